The molecule has 73 heavy (non-hydrogen) atoms. The van der Waals surface area contributed by atoms with Gasteiger partial charge in [-0.15, -0.1) is 0 Å². The van der Waals surface area contributed by atoms with Crippen molar-refractivity contribution in [2.24, 2.45) is 41.2 Å². The Labute approximate surface area is 463 Å². The SMILES string of the molecule is C.C.C.C.C.C.C=C(N)CCO[C@H](C)CC(C)C.C=C1CCC(O[C@H](C)CC(C)C)CC1.CC(C)C[C@@H](C)OC1CCC(C)CC1.CC(C)C[C@@H](C)OC1CCC(O)CC1.CC(C)C[C@@H](C)OC1CCCCC1. The van der Waals surface area contributed by atoms with E-state index in [-0.39, 0.29) is 50.7 Å². The maximum absolute atomic E-state index is 9.35. The molecule has 0 bridgehead atoms. The molecule has 4 aliphatic rings. The predicted octanol–water partition coefficient (Wildman–Crippen LogP) is 20.6. The number of nitrogens with two attached hydrogens (primary N) is 1. The van der Waals surface area contributed by atoms with Gasteiger partial charge in [-0.1, -0.05) is 159 Å². The van der Waals surface area contributed by atoms with Crippen molar-refractivity contribution < 1.29 is 28.8 Å². The Balaban J connectivity index is -0.000000146. The minimum Gasteiger partial charge on any atom is -0.402 e. The van der Waals surface area contributed by atoms with E-state index >= 15 is 0 Å². The summed E-state index contributed by atoms with van der Waals surface area (Å²) in [5.74, 6) is 4.59. The first kappa shape index (κ1) is 85.9. The van der Waals surface area contributed by atoms with Crippen LogP contribution >= 0.6 is 0 Å². The molecule has 7 nitrogen and oxygen atoms in total. The highest BCUT2D eigenvalue weighted by Crippen LogP contribution is 2.29. The number of aliphatic hydroxyl groups excluding tert-OH is 1. The van der Waals surface area contributed by atoms with Gasteiger partial charge in [0, 0.05) is 12.1 Å². The van der Waals surface area contributed by atoms with Crippen molar-refractivity contribution >= 4 is 0 Å². The molecular formula is C66H143NO6. The summed E-state index contributed by atoms with van der Waals surface area (Å²) in [6.45, 7) is 44.0. The molecule has 0 amide bonds. The summed E-state index contributed by atoms with van der Waals surface area (Å²) in [4.78, 5) is 0. The van der Waals surface area contributed by atoms with E-state index in [1.54, 1.807) is 0 Å². The summed E-state index contributed by atoms with van der Waals surface area (Å²) in [6, 6.07) is 0. The number of hydrogen-bond donors (Lipinski definition) is 2. The number of allylic oxidation sites excluding steroid dienone is 1. The third-order valence-electron chi connectivity index (χ3n) is 13.3. The standard InChI is InChI=1S/C13H26O.C13H24O.C12H24O2.C12H24O.C10H21NO.6CH4/c2*1-10(2)9-12(4)14-13-7-5-11(3)6-8-13;1-9(2)8-10(3)14-12-6-4-11(13)5-7-12;1-10(2)9-11(3)13-12-7-5-4-6-8-12;1-8(2)7-10(4)12-6-5-9(3)11;;;;;;/h10-13H,5-9H2,1-4H3;10,12-13H,3,5-9H2,1-2,4H3;9-13H,4-8H2,1-3H3;10-12H,4-9H2,1-3H3;8,10H,3,5-7,11H2,1-2,4H3;6*1H4/t11?,12-,13?;12-;10-,11?,12?;11-;10-;;;;;;/m11111....../s1. The zero-order valence-electron chi connectivity index (χ0n) is 47.7. The van der Waals surface area contributed by atoms with Gasteiger partial charge in [0.15, 0.2) is 0 Å². The minimum atomic E-state index is -0.0738. The number of aliphatic hydroxyl groups is 1. The van der Waals surface area contributed by atoms with E-state index in [9.17, 15) is 5.11 Å². The zero-order valence-corrected chi connectivity index (χ0v) is 47.7. The fraction of sp³-hybridized carbons (Fsp3) is 0.939. The Morgan fingerprint density at radius 1 is 0.452 bits per heavy atom. The van der Waals surface area contributed by atoms with Crippen LogP contribution in [0.1, 0.15) is 303 Å². The fourth-order valence-electron chi connectivity index (χ4n) is 10.2. The molecule has 4 saturated carbocycles. The van der Waals surface area contributed by atoms with Crippen LogP contribution in [-0.4, -0.2) is 72.8 Å². The molecule has 4 rings (SSSR count). The molecule has 0 saturated heterocycles. The summed E-state index contributed by atoms with van der Waals surface area (Å²) >= 11 is 0. The van der Waals surface area contributed by atoms with Crippen LogP contribution in [0.3, 0.4) is 0 Å². The fourth-order valence-corrected chi connectivity index (χ4v) is 10.2. The van der Waals surface area contributed by atoms with Gasteiger partial charge < -0.3 is 34.5 Å². The first-order valence-electron chi connectivity index (χ1n) is 28.4. The van der Waals surface area contributed by atoms with Crippen molar-refractivity contribution in [2.45, 2.75) is 364 Å². The van der Waals surface area contributed by atoms with Gasteiger partial charge in [-0.05, 0) is 192 Å². The molecule has 7 heteroatoms. The van der Waals surface area contributed by atoms with Crippen LogP contribution in [-0.2, 0) is 23.7 Å². The lowest BCUT2D eigenvalue weighted by molar-refractivity contribution is -0.0470. The molecule has 4 fully saturated rings. The second-order valence-electron chi connectivity index (χ2n) is 24.0. The van der Waals surface area contributed by atoms with Crippen LogP contribution in [0.25, 0.3) is 0 Å². The highest BCUT2D eigenvalue weighted by molar-refractivity contribution is 4.98. The van der Waals surface area contributed by atoms with Gasteiger partial charge in [0.25, 0.3) is 0 Å². The minimum absolute atomic E-state index is 0. The molecule has 3 N–H and O–H groups in total. The molecule has 448 valence electrons. The van der Waals surface area contributed by atoms with E-state index in [0.29, 0.717) is 79.1 Å². The summed E-state index contributed by atoms with van der Waals surface area (Å²) < 4.78 is 29.5. The van der Waals surface area contributed by atoms with E-state index in [0.717, 1.165) is 68.6 Å². The van der Waals surface area contributed by atoms with Crippen LogP contribution in [0.4, 0.5) is 0 Å². The lowest BCUT2D eigenvalue weighted by Gasteiger charge is -2.29. The van der Waals surface area contributed by atoms with Gasteiger partial charge >= 0.3 is 0 Å². The van der Waals surface area contributed by atoms with Gasteiger partial charge in [0.05, 0.1) is 67.6 Å². The largest absolute Gasteiger partial charge is 0.402 e. The van der Waals surface area contributed by atoms with Gasteiger partial charge in [-0.25, -0.2) is 0 Å². The quantitative estimate of drug-likeness (QED) is 0.104. The number of hydrogen-bond acceptors (Lipinski definition) is 7. The molecule has 0 unspecified atom stereocenters. The Kier molecular flexibility index (Phi) is 61.0. The van der Waals surface area contributed by atoms with Crippen molar-refractivity contribution in [3.63, 3.8) is 0 Å². The predicted molar refractivity (Wildman–Crippen MR) is 331 cm³/mol. The van der Waals surface area contributed by atoms with Crippen molar-refractivity contribution in [3.8, 4) is 0 Å². The maximum Gasteiger partial charge on any atom is 0.0584 e. The normalized spacial score (nSPS) is 22.0. The van der Waals surface area contributed by atoms with Crippen LogP contribution < -0.4 is 5.73 Å². The van der Waals surface area contributed by atoms with E-state index in [1.165, 1.54) is 108 Å². The average Bonchev–Trinajstić information content (AvgIpc) is 3.20. The van der Waals surface area contributed by atoms with Crippen LogP contribution in [0.5, 0.6) is 0 Å². The molecule has 4 aliphatic carbocycles. The third kappa shape index (κ3) is 54.2. The second kappa shape index (κ2) is 51.8. The smallest absolute Gasteiger partial charge is 0.0584 e. The van der Waals surface area contributed by atoms with Gasteiger partial charge in [0.1, 0.15) is 0 Å². The highest BCUT2D eigenvalue weighted by atomic mass is 16.5. The number of rotatable bonds is 22. The lowest BCUT2D eigenvalue weighted by Crippen LogP contribution is -2.28. The lowest BCUT2D eigenvalue weighted by atomic mass is 9.89. The topological polar surface area (TPSA) is 92.4 Å². The first-order chi connectivity index (χ1) is 31.4. The molecule has 0 aromatic rings. The van der Waals surface area contributed by atoms with Crippen LogP contribution in [0.15, 0.2) is 24.4 Å². The Bertz CT molecular complexity index is 1100. The molecule has 0 aromatic carbocycles. The summed E-state index contributed by atoms with van der Waals surface area (Å²) in [7, 11) is 0. The van der Waals surface area contributed by atoms with Crippen molar-refractivity contribution in [1.82, 2.24) is 0 Å². The third-order valence-corrected chi connectivity index (χ3v) is 13.3. The molecule has 0 spiro atoms. The zero-order chi connectivity index (χ0) is 50.9. The Morgan fingerprint density at radius 2 is 0.740 bits per heavy atom. The highest BCUT2D eigenvalue weighted by Gasteiger charge is 2.23. The van der Waals surface area contributed by atoms with Crippen molar-refractivity contribution in [3.05, 3.63) is 24.4 Å². The molecule has 0 heterocycles. The van der Waals surface area contributed by atoms with E-state index in [1.807, 2.05) is 0 Å². The van der Waals surface area contributed by atoms with Crippen molar-refractivity contribution in [1.29, 1.82) is 0 Å². The van der Waals surface area contributed by atoms with Crippen molar-refractivity contribution in [2.75, 3.05) is 6.61 Å². The first-order valence-corrected chi connectivity index (χ1v) is 28.4. The van der Waals surface area contributed by atoms with E-state index < -0.39 is 0 Å². The van der Waals surface area contributed by atoms with E-state index in [2.05, 4.69) is 124 Å². The molecule has 5 atom stereocenters. The second-order valence-corrected chi connectivity index (χ2v) is 24.0. The molecule has 0 radical (unpaired) electrons. The summed E-state index contributed by atoms with van der Waals surface area (Å²) in [6.07, 6.45) is 31.2. The monoisotopic (exact) mass is 1050 g/mol. The van der Waals surface area contributed by atoms with Gasteiger partial charge in [-0.2, -0.15) is 0 Å². The summed E-state index contributed by atoms with van der Waals surface area (Å²) in [5, 5.41) is 9.35. The van der Waals surface area contributed by atoms with E-state index in [4.69, 9.17) is 29.4 Å². The Hall–Kier alpha value is -0.960. The van der Waals surface area contributed by atoms with Crippen LogP contribution in [0.2, 0.25) is 0 Å². The maximum atomic E-state index is 9.35. The average molecular weight is 1050 g/mol. The number of ether oxygens (including phenoxy) is 5. The summed E-state index contributed by atoms with van der Waals surface area (Å²) in [5.41, 5.74) is 7.51. The Morgan fingerprint density at radius 3 is 1.05 bits per heavy atom. The molecule has 0 aromatic heterocycles. The molecule has 0 aliphatic heterocycles. The molecular weight excluding hydrogens is 903 g/mol. The van der Waals surface area contributed by atoms with Gasteiger partial charge in [0.2, 0.25) is 0 Å². The van der Waals surface area contributed by atoms with Gasteiger partial charge in [-0.3, -0.25) is 0 Å². The van der Waals surface area contributed by atoms with Crippen LogP contribution in [0, 0.1) is 35.5 Å².